The van der Waals surface area contributed by atoms with Gasteiger partial charge in [0.05, 0.1) is 5.92 Å². The van der Waals surface area contributed by atoms with Crippen LogP contribution in [-0.2, 0) is 16.1 Å². The molecule has 1 aliphatic rings. The van der Waals surface area contributed by atoms with Gasteiger partial charge in [-0.05, 0) is 17.5 Å². The summed E-state index contributed by atoms with van der Waals surface area (Å²) in [7, 11) is 0. The fourth-order valence-electron chi connectivity index (χ4n) is 2.88. The minimum atomic E-state index is -0.270. The Morgan fingerprint density at radius 1 is 1.40 bits per heavy atom. The minimum Gasteiger partial charge on any atom is -0.352 e. The van der Waals surface area contributed by atoms with Crippen molar-refractivity contribution in [1.29, 1.82) is 0 Å². The van der Waals surface area contributed by atoms with Crippen LogP contribution in [0, 0.1) is 11.8 Å². The lowest BCUT2D eigenvalue weighted by Gasteiger charge is -2.18. The quantitative estimate of drug-likeness (QED) is 0.837. The molecule has 0 saturated carbocycles. The second-order valence-corrected chi connectivity index (χ2v) is 6.68. The monoisotopic (exact) mass is 342 g/mol. The second kappa shape index (κ2) is 7.42. The first-order chi connectivity index (χ1) is 12.0. The molecule has 0 bridgehead atoms. The van der Waals surface area contributed by atoms with Gasteiger partial charge in [0.1, 0.15) is 12.7 Å². The van der Waals surface area contributed by atoms with Gasteiger partial charge in [0.15, 0.2) is 5.82 Å². The van der Waals surface area contributed by atoms with E-state index >= 15 is 0 Å². The maximum Gasteiger partial charge on any atom is 0.225 e. The highest BCUT2D eigenvalue weighted by atomic mass is 16.2. The molecule has 0 spiro atoms. The standard InChI is InChI=1S/C17H22N6O2/c1-12(2)8-22-9-14(5-16(22)24)17(25)20-7-13-3-4-15(19-6-13)23-11-18-10-21-23/h3-4,6,10-12,14H,5,7-9H2,1-2H3,(H,20,25). The van der Waals surface area contributed by atoms with Crippen molar-refractivity contribution in [3.05, 3.63) is 36.5 Å². The minimum absolute atomic E-state index is 0.0627. The van der Waals surface area contributed by atoms with Gasteiger partial charge >= 0.3 is 0 Å². The van der Waals surface area contributed by atoms with Crippen molar-refractivity contribution < 1.29 is 9.59 Å². The van der Waals surface area contributed by atoms with E-state index in [9.17, 15) is 9.59 Å². The van der Waals surface area contributed by atoms with Crippen LogP contribution in [-0.4, -0.2) is 49.6 Å². The molecule has 132 valence electrons. The van der Waals surface area contributed by atoms with Crippen molar-refractivity contribution in [2.24, 2.45) is 11.8 Å². The normalized spacial score (nSPS) is 17.3. The number of likely N-dealkylation sites (tertiary alicyclic amines) is 1. The molecular weight excluding hydrogens is 320 g/mol. The zero-order valence-corrected chi connectivity index (χ0v) is 14.4. The average Bonchev–Trinajstić information content (AvgIpc) is 3.23. The zero-order chi connectivity index (χ0) is 17.8. The van der Waals surface area contributed by atoms with Crippen LogP contribution in [0.15, 0.2) is 31.0 Å². The second-order valence-electron chi connectivity index (χ2n) is 6.68. The van der Waals surface area contributed by atoms with Crippen LogP contribution in [0.25, 0.3) is 5.82 Å². The van der Waals surface area contributed by atoms with E-state index in [2.05, 4.69) is 34.2 Å². The Labute approximate surface area is 146 Å². The number of rotatable bonds is 6. The van der Waals surface area contributed by atoms with Crippen molar-refractivity contribution in [3.63, 3.8) is 0 Å². The fourth-order valence-corrected chi connectivity index (χ4v) is 2.88. The molecular formula is C17H22N6O2. The molecule has 3 rings (SSSR count). The van der Waals surface area contributed by atoms with Crippen molar-refractivity contribution in [3.8, 4) is 5.82 Å². The summed E-state index contributed by atoms with van der Waals surface area (Å²) in [5, 5.41) is 6.91. The van der Waals surface area contributed by atoms with Crippen LogP contribution in [0.2, 0.25) is 0 Å². The van der Waals surface area contributed by atoms with E-state index in [1.165, 1.54) is 6.33 Å². The van der Waals surface area contributed by atoms with E-state index in [0.717, 1.165) is 5.56 Å². The van der Waals surface area contributed by atoms with E-state index in [0.29, 0.717) is 37.8 Å². The lowest BCUT2D eigenvalue weighted by atomic mass is 10.1. The third kappa shape index (κ3) is 4.20. The first-order valence-electron chi connectivity index (χ1n) is 8.38. The smallest absolute Gasteiger partial charge is 0.225 e. The number of hydrogen-bond donors (Lipinski definition) is 1. The molecule has 2 aromatic heterocycles. The molecule has 1 aliphatic heterocycles. The van der Waals surface area contributed by atoms with Crippen molar-refractivity contribution in [1.82, 2.24) is 30.0 Å². The molecule has 1 atom stereocenters. The first-order valence-corrected chi connectivity index (χ1v) is 8.38. The summed E-state index contributed by atoms with van der Waals surface area (Å²) in [5.74, 6) is 0.778. The molecule has 8 heteroatoms. The number of pyridine rings is 1. The third-order valence-electron chi connectivity index (χ3n) is 4.10. The van der Waals surface area contributed by atoms with Crippen LogP contribution in [0.1, 0.15) is 25.8 Å². The summed E-state index contributed by atoms with van der Waals surface area (Å²) in [6.45, 7) is 5.73. The lowest BCUT2D eigenvalue weighted by Crippen LogP contribution is -2.33. The molecule has 0 aliphatic carbocycles. The Morgan fingerprint density at radius 3 is 2.88 bits per heavy atom. The molecule has 1 unspecified atom stereocenters. The molecule has 1 fully saturated rings. The Hall–Kier alpha value is -2.77. The molecule has 25 heavy (non-hydrogen) atoms. The van der Waals surface area contributed by atoms with Gasteiger partial charge in [-0.3, -0.25) is 9.59 Å². The highest BCUT2D eigenvalue weighted by Gasteiger charge is 2.34. The van der Waals surface area contributed by atoms with Gasteiger partial charge < -0.3 is 10.2 Å². The molecule has 2 amide bonds. The van der Waals surface area contributed by atoms with Crippen LogP contribution in [0.5, 0.6) is 0 Å². The summed E-state index contributed by atoms with van der Waals surface area (Å²) in [5.41, 5.74) is 0.889. The summed E-state index contributed by atoms with van der Waals surface area (Å²) >= 11 is 0. The van der Waals surface area contributed by atoms with Gasteiger partial charge in [-0.15, -0.1) is 0 Å². The molecule has 0 aromatic carbocycles. The maximum absolute atomic E-state index is 12.3. The first kappa shape index (κ1) is 17.1. The predicted molar refractivity (Wildman–Crippen MR) is 90.5 cm³/mol. The molecule has 0 radical (unpaired) electrons. The van der Waals surface area contributed by atoms with Crippen LogP contribution >= 0.6 is 0 Å². The van der Waals surface area contributed by atoms with Gasteiger partial charge in [0, 0.05) is 32.3 Å². The third-order valence-corrected chi connectivity index (χ3v) is 4.10. The largest absolute Gasteiger partial charge is 0.352 e. The highest BCUT2D eigenvalue weighted by molar-refractivity contribution is 5.89. The van der Waals surface area contributed by atoms with Gasteiger partial charge in [-0.2, -0.15) is 5.10 Å². The lowest BCUT2D eigenvalue weighted by molar-refractivity contribution is -0.129. The topological polar surface area (TPSA) is 93.0 Å². The van der Waals surface area contributed by atoms with Crippen LogP contribution in [0.4, 0.5) is 0 Å². The summed E-state index contributed by atoms with van der Waals surface area (Å²) < 4.78 is 1.57. The Balaban J connectivity index is 1.52. The molecule has 1 N–H and O–H groups in total. The summed E-state index contributed by atoms with van der Waals surface area (Å²) in [4.78, 5) is 34.2. The van der Waals surface area contributed by atoms with Crippen molar-refractivity contribution in [2.75, 3.05) is 13.1 Å². The maximum atomic E-state index is 12.3. The van der Waals surface area contributed by atoms with E-state index in [1.807, 2.05) is 12.1 Å². The number of amides is 2. The number of hydrogen-bond acceptors (Lipinski definition) is 5. The zero-order valence-electron chi connectivity index (χ0n) is 14.4. The Bertz CT molecular complexity index is 726. The fraction of sp³-hybridized carbons (Fsp3) is 0.471. The van der Waals surface area contributed by atoms with Gasteiger partial charge in [-0.25, -0.2) is 14.6 Å². The summed E-state index contributed by atoms with van der Waals surface area (Å²) in [6.07, 6.45) is 5.01. The van der Waals surface area contributed by atoms with E-state index < -0.39 is 0 Å². The number of nitrogens with zero attached hydrogens (tertiary/aromatic N) is 5. The number of aromatic nitrogens is 4. The van der Waals surface area contributed by atoms with Crippen LogP contribution < -0.4 is 5.32 Å². The average molecular weight is 342 g/mol. The van der Waals surface area contributed by atoms with Crippen LogP contribution in [0.3, 0.4) is 0 Å². The SMILES string of the molecule is CC(C)CN1CC(C(=O)NCc2ccc(-n3cncn3)nc2)CC1=O. The van der Waals surface area contributed by atoms with E-state index in [1.54, 1.807) is 22.1 Å². The van der Waals surface area contributed by atoms with Crippen molar-refractivity contribution in [2.45, 2.75) is 26.8 Å². The number of carbonyl (C=O) groups is 2. The number of nitrogens with one attached hydrogen (secondary N) is 1. The van der Waals surface area contributed by atoms with Gasteiger partial charge in [-0.1, -0.05) is 19.9 Å². The Kier molecular flexibility index (Phi) is 5.06. The number of carbonyl (C=O) groups excluding carboxylic acids is 2. The van der Waals surface area contributed by atoms with Gasteiger partial charge in [0.25, 0.3) is 0 Å². The Morgan fingerprint density at radius 2 is 2.24 bits per heavy atom. The van der Waals surface area contributed by atoms with Crippen molar-refractivity contribution >= 4 is 11.8 Å². The molecule has 1 saturated heterocycles. The van der Waals surface area contributed by atoms with E-state index in [-0.39, 0.29) is 17.7 Å². The predicted octanol–water partition coefficient (Wildman–Crippen LogP) is 0.783. The molecule has 3 heterocycles. The molecule has 8 nitrogen and oxygen atoms in total. The molecule has 2 aromatic rings. The van der Waals surface area contributed by atoms with Gasteiger partial charge in [0.2, 0.25) is 11.8 Å². The van der Waals surface area contributed by atoms with E-state index in [4.69, 9.17) is 0 Å². The summed E-state index contributed by atoms with van der Waals surface area (Å²) in [6, 6.07) is 3.70. The highest BCUT2D eigenvalue weighted by Crippen LogP contribution is 2.19.